The molecule has 1 aromatic carbocycles. The molecule has 0 saturated carbocycles. The van der Waals surface area contributed by atoms with Gasteiger partial charge in [-0.1, -0.05) is 25.1 Å². The monoisotopic (exact) mass is 335 g/mol. The predicted molar refractivity (Wildman–Crippen MR) is 97.8 cm³/mol. The molecule has 1 N–H and O–H groups in total. The van der Waals surface area contributed by atoms with Gasteiger partial charge in [0.25, 0.3) is 11.5 Å². The standard InChI is InChI=1S/C20H21N3O2/c1-3-15-16-6-4-5-7-17(16)21-19(15)20(25)23-9-8-13-10-18(24)22(2)11-14(13)12-23/h4-7,10-11,21H,3,8-9,12H2,1-2H3. The third-order valence-corrected chi connectivity index (χ3v) is 5.09. The third-order valence-electron chi connectivity index (χ3n) is 5.09. The molecule has 5 heteroatoms. The van der Waals surface area contributed by atoms with E-state index >= 15 is 0 Å². The molecule has 0 aliphatic carbocycles. The number of para-hydroxylation sites is 1. The van der Waals surface area contributed by atoms with Gasteiger partial charge in [0.15, 0.2) is 0 Å². The van der Waals surface area contributed by atoms with Gasteiger partial charge in [0, 0.05) is 43.3 Å². The Morgan fingerprint density at radius 2 is 2.04 bits per heavy atom. The van der Waals surface area contributed by atoms with Crippen molar-refractivity contribution in [3.63, 3.8) is 0 Å². The molecule has 0 saturated heterocycles. The fourth-order valence-electron chi connectivity index (χ4n) is 3.72. The molecular weight excluding hydrogens is 314 g/mol. The van der Waals surface area contributed by atoms with Crippen molar-refractivity contribution in [2.24, 2.45) is 7.05 Å². The first-order valence-electron chi connectivity index (χ1n) is 8.65. The SMILES string of the molecule is CCc1c(C(=O)N2CCc3cc(=O)n(C)cc3C2)[nH]c2ccccc12. The number of carbonyl (C=O) groups is 1. The van der Waals surface area contributed by atoms with E-state index in [0.717, 1.165) is 40.4 Å². The van der Waals surface area contributed by atoms with Crippen LogP contribution in [0.15, 0.2) is 41.3 Å². The summed E-state index contributed by atoms with van der Waals surface area (Å²) in [6.45, 7) is 3.26. The van der Waals surface area contributed by atoms with Crippen LogP contribution < -0.4 is 5.56 Å². The second-order valence-corrected chi connectivity index (χ2v) is 6.63. The maximum absolute atomic E-state index is 13.1. The Bertz CT molecular complexity index is 1030. The van der Waals surface area contributed by atoms with Crippen molar-refractivity contribution in [1.82, 2.24) is 14.5 Å². The van der Waals surface area contributed by atoms with Crippen molar-refractivity contribution in [3.05, 3.63) is 69.3 Å². The lowest BCUT2D eigenvalue weighted by molar-refractivity contribution is 0.0728. The number of aromatic nitrogens is 2. The van der Waals surface area contributed by atoms with Crippen LogP contribution in [0.2, 0.25) is 0 Å². The lowest BCUT2D eigenvalue weighted by Crippen LogP contribution is -2.37. The van der Waals surface area contributed by atoms with E-state index in [2.05, 4.69) is 18.0 Å². The van der Waals surface area contributed by atoms with Gasteiger partial charge in [-0.2, -0.15) is 0 Å². The first-order chi connectivity index (χ1) is 12.1. The minimum atomic E-state index is 0.00223. The van der Waals surface area contributed by atoms with Crippen LogP contribution in [-0.2, 0) is 26.4 Å². The van der Waals surface area contributed by atoms with Crippen LogP contribution in [0, 0.1) is 0 Å². The number of hydrogen-bond donors (Lipinski definition) is 1. The number of hydrogen-bond acceptors (Lipinski definition) is 2. The molecule has 0 spiro atoms. The number of nitrogens with one attached hydrogen (secondary N) is 1. The Balaban J connectivity index is 1.70. The van der Waals surface area contributed by atoms with E-state index in [1.807, 2.05) is 29.3 Å². The number of benzene rings is 1. The summed E-state index contributed by atoms with van der Waals surface area (Å²) in [4.78, 5) is 30.1. The van der Waals surface area contributed by atoms with Gasteiger partial charge in [-0.05, 0) is 35.6 Å². The van der Waals surface area contributed by atoms with Crippen molar-refractivity contribution in [2.75, 3.05) is 6.54 Å². The maximum Gasteiger partial charge on any atom is 0.270 e. The highest BCUT2D eigenvalue weighted by Crippen LogP contribution is 2.26. The summed E-state index contributed by atoms with van der Waals surface area (Å²) in [7, 11) is 1.75. The zero-order valence-corrected chi connectivity index (χ0v) is 14.5. The molecule has 0 unspecified atom stereocenters. The number of nitrogens with zero attached hydrogens (tertiary/aromatic N) is 2. The van der Waals surface area contributed by atoms with Crippen molar-refractivity contribution in [1.29, 1.82) is 0 Å². The molecule has 1 amide bonds. The number of fused-ring (bicyclic) bond motifs is 2. The molecule has 0 radical (unpaired) electrons. The van der Waals surface area contributed by atoms with Gasteiger partial charge < -0.3 is 14.5 Å². The van der Waals surface area contributed by atoms with Crippen molar-refractivity contribution in [2.45, 2.75) is 26.3 Å². The Morgan fingerprint density at radius 1 is 1.24 bits per heavy atom. The summed E-state index contributed by atoms with van der Waals surface area (Å²) in [5.74, 6) is 0.0348. The van der Waals surface area contributed by atoms with Crippen LogP contribution in [0.1, 0.15) is 34.1 Å². The van der Waals surface area contributed by atoms with E-state index in [1.165, 1.54) is 0 Å². The van der Waals surface area contributed by atoms with Gasteiger partial charge in [0.1, 0.15) is 5.69 Å². The highest BCUT2D eigenvalue weighted by atomic mass is 16.2. The molecule has 0 atom stereocenters. The highest BCUT2D eigenvalue weighted by molar-refractivity contribution is 6.01. The molecule has 4 rings (SSSR count). The first-order valence-corrected chi connectivity index (χ1v) is 8.65. The summed E-state index contributed by atoms with van der Waals surface area (Å²) >= 11 is 0. The van der Waals surface area contributed by atoms with Gasteiger partial charge in [-0.15, -0.1) is 0 Å². The van der Waals surface area contributed by atoms with E-state index < -0.39 is 0 Å². The van der Waals surface area contributed by atoms with Crippen molar-refractivity contribution >= 4 is 16.8 Å². The molecule has 128 valence electrons. The molecule has 25 heavy (non-hydrogen) atoms. The number of carbonyl (C=O) groups excluding carboxylic acids is 1. The second kappa shape index (κ2) is 5.92. The van der Waals surface area contributed by atoms with Crippen LogP contribution in [0.5, 0.6) is 0 Å². The molecule has 1 aliphatic rings. The fraction of sp³-hybridized carbons (Fsp3) is 0.300. The van der Waals surface area contributed by atoms with Gasteiger partial charge in [-0.3, -0.25) is 9.59 Å². The summed E-state index contributed by atoms with van der Waals surface area (Å²) in [5, 5.41) is 1.12. The number of rotatable bonds is 2. The minimum absolute atomic E-state index is 0.00223. The Morgan fingerprint density at radius 3 is 2.84 bits per heavy atom. The molecule has 5 nitrogen and oxygen atoms in total. The molecule has 0 fully saturated rings. The average molecular weight is 335 g/mol. The van der Waals surface area contributed by atoms with Crippen LogP contribution in [0.25, 0.3) is 10.9 Å². The minimum Gasteiger partial charge on any atom is -0.350 e. The lowest BCUT2D eigenvalue weighted by atomic mass is 10.0. The largest absolute Gasteiger partial charge is 0.350 e. The van der Waals surface area contributed by atoms with E-state index in [0.29, 0.717) is 18.8 Å². The smallest absolute Gasteiger partial charge is 0.270 e. The van der Waals surface area contributed by atoms with Gasteiger partial charge in [0.2, 0.25) is 0 Å². The fourth-order valence-corrected chi connectivity index (χ4v) is 3.72. The van der Waals surface area contributed by atoms with Gasteiger partial charge in [-0.25, -0.2) is 0 Å². The Hall–Kier alpha value is -2.82. The Kier molecular flexibility index (Phi) is 3.71. The van der Waals surface area contributed by atoms with Crippen molar-refractivity contribution < 1.29 is 4.79 Å². The molecule has 2 aromatic heterocycles. The van der Waals surface area contributed by atoms with Gasteiger partial charge in [0.05, 0.1) is 0 Å². The van der Waals surface area contributed by atoms with Crippen molar-refractivity contribution in [3.8, 4) is 0 Å². The zero-order chi connectivity index (χ0) is 17.6. The van der Waals surface area contributed by atoms with Crippen LogP contribution in [-0.4, -0.2) is 26.9 Å². The molecular formula is C20H21N3O2. The summed E-state index contributed by atoms with van der Waals surface area (Å²) < 4.78 is 1.58. The van der Waals surface area contributed by atoms with E-state index in [-0.39, 0.29) is 11.5 Å². The van der Waals surface area contributed by atoms with E-state index in [1.54, 1.807) is 17.7 Å². The lowest BCUT2D eigenvalue weighted by Gasteiger charge is -2.29. The average Bonchev–Trinajstić information content (AvgIpc) is 3.00. The summed E-state index contributed by atoms with van der Waals surface area (Å²) in [6.07, 6.45) is 3.38. The summed E-state index contributed by atoms with van der Waals surface area (Å²) in [5.41, 5.74) is 4.88. The topological polar surface area (TPSA) is 58.1 Å². The summed E-state index contributed by atoms with van der Waals surface area (Å²) in [6, 6.07) is 9.73. The molecule has 3 aromatic rings. The second-order valence-electron chi connectivity index (χ2n) is 6.63. The molecule has 3 heterocycles. The van der Waals surface area contributed by atoms with Crippen LogP contribution in [0.3, 0.4) is 0 Å². The Labute approximate surface area is 145 Å². The number of pyridine rings is 1. The first kappa shape index (κ1) is 15.7. The molecule has 1 aliphatic heterocycles. The highest BCUT2D eigenvalue weighted by Gasteiger charge is 2.26. The number of amides is 1. The predicted octanol–water partition coefficient (Wildman–Crippen LogP) is 2.63. The normalized spacial score (nSPS) is 13.9. The third kappa shape index (κ3) is 2.56. The number of aryl methyl sites for hydroxylation is 2. The van der Waals surface area contributed by atoms with E-state index in [9.17, 15) is 9.59 Å². The number of H-pyrrole nitrogens is 1. The molecule has 0 bridgehead atoms. The van der Waals surface area contributed by atoms with E-state index in [4.69, 9.17) is 0 Å². The number of aromatic amines is 1. The van der Waals surface area contributed by atoms with Crippen LogP contribution in [0.4, 0.5) is 0 Å². The van der Waals surface area contributed by atoms with Gasteiger partial charge >= 0.3 is 0 Å². The quantitative estimate of drug-likeness (QED) is 0.783. The van der Waals surface area contributed by atoms with Crippen LogP contribution >= 0.6 is 0 Å². The maximum atomic E-state index is 13.1. The zero-order valence-electron chi connectivity index (χ0n) is 14.5.